The Morgan fingerprint density at radius 1 is 1.28 bits per heavy atom. The summed E-state index contributed by atoms with van der Waals surface area (Å²) in [6, 6.07) is 2.55. The Hall–Kier alpha value is -2.71. The van der Waals surface area contributed by atoms with Crippen molar-refractivity contribution in [1.82, 2.24) is 19.6 Å². The number of carbonyl (C=O) groups excluding carboxylic acids is 1. The molecule has 0 spiro atoms. The predicted molar refractivity (Wildman–Crippen MR) is 81.3 cm³/mol. The van der Waals surface area contributed by atoms with Crippen molar-refractivity contribution in [2.24, 2.45) is 0 Å². The Bertz CT molecular complexity index is 1020. The van der Waals surface area contributed by atoms with Gasteiger partial charge < -0.3 is 4.74 Å². The number of alkyl halides is 3. The summed E-state index contributed by atoms with van der Waals surface area (Å²) in [6.07, 6.45) is -2.65. The average Bonchev–Trinajstić information content (AvgIpc) is 3.32. The molecule has 3 aromatic rings. The number of ether oxygens (including phenoxy) is 1. The summed E-state index contributed by atoms with van der Waals surface area (Å²) in [5, 5.41) is 4.49. The van der Waals surface area contributed by atoms with Crippen molar-refractivity contribution in [3.8, 4) is 0 Å². The van der Waals surface area contributed by atoms with E-state index in [1.165, 1.54) is 11.6 Å². The Balaban J connectivity index is 2.07. The molecule has 130 valence electrons. The fourth-order valence-electron chi connectivity index (χ4n) is 2.86. The number of methoxy groups -OCH3 is 1. The topological polar surface area (TPSA) is 69.4 Å². The lowest BCUT2D eigenvalue weighted by atomic mass is 10.1. The normalized spacial score (nSPS) is 15.1. The van der Waals surface area contributed by atoms with E-state index in [0.717, 1.165) is 18.9 Å². The van der Waals surface area contributed by atoms with E-state index >= 15 is 0 Å². The maximum Gasteiger partial charge on any atom is 0.433 e. The second-order valence-electron chi connectivity index (χ2n) is 6.09. The summed E-state index contributed by atoms with van der Waals surface area (Å²) in [5.74, 6) is -0.378. The number of aryl methyl sites for hydroxylation is 1. The van der Waals surface area contributed by atoms with Crippen LogP contribution in [0, 0.1) is 6.92 Å². The number of aromatic nitrogens is 4. The van der Waals surface area contributed by atoms with E-state index in [1.54, 1.807) is 13.0 Å². The highest BCUT2D eigenvalue weighted by Gasteiger charge is 2.34. The second-order valence-corrected chi connectivity index (χ2v) is 6.09. The van der Waals surface area contributed by atoms with Crippen LogP contribution < -0.4 is 0 Å². The molecule has 0 N–H and O–H groups in total. The minimum absolute atomic E-state index is 0.0991. The summed E-state index contributed by atoms with van der Waals surface area (Å²) in [7, 11) is 1.24. The number of hydrogen-bond donors (Lipinski definition) is 0. The first-order chi connectivity index (χ1) is 11.8. The number of rotatable bonds is 2. The third kappa shape index (κ3) is 2.50. The first-order valence-electron chi connectivity index (χ1n) is 7.66. The molecular weight excluding hydrogens is 337 g/mol. The Morgan fingerprint density at radius 2 is 2.00 bits per heavy atom. The van der Waals surface area contributed by atoms with Crippen molar-refractivity contribution in [3.05, 3.63) is 34.8 Å². The van der Waals surface area contributed by atoms with Crippen LogP contribution in [-0.4, -0.2) is 32.7 Å². The minimum Gasteiger partial charge on any atom is -0.464 e. The number of pyridine rings is 1. The monoisotopic (exact) mass is 350 g/mol. The second kappa shape index (κ2) is 5.14. The zero-order chi connectivity index (χ0) is 17.9. The van der Waals surface area contributed by atoms with E-state index in [9.17, 15) is 18.0 Å². The smallest absolute Gasteiger partial charge is 0.433 e. The molecule has 1 aliphatic carbocycles. The van der Waals surface area contributed by atoms with Gasteiger partial charge in [-0.25, -0.2) is 19.3 Å². The zero-order valence-corrected chi connectivity index (χ0v) is 13.4. The molecule has 0 amide bonds. The van der Waals surface area contributed by atoms with E-state index in [4.69, 9.17) is 4.74 Å². The van der Waals surface area contributed by atoms with Crippen LogP contribution in [0.25, 0.3) is 16.7 Å². The summed E-state index contributed by atoms with van der Waals surface area (Å²) in [4.78, 5) is 20.2. The molecule has 3 heterocycles. The number of hydrogen-bond acceptors (Lipinski definition) is 5. The van der Waals surface area contributed by atoms with E-state index in [-0.39, 0.29) is 17.3 Å². The van der Waals surface area contributed by atoms with Gasteiger partial charge in [0.25, 0.3) is 0 Å². The van der Waals surface area contributed by atoms with Gasteiger partial charge in [0, 0.05) is 11.6 Å². The summed E-state index contributed by atoms with van der Waals surface area (Å²) in [5.41, 5.74) is 0.386. The quantitative estimate of drug-likeness (QED) is 0.664. The molecule has 0 aromatic carbocycles. The minimum atomic E-state index is -4.58. The Labute approximate surface area is 139 Å². The number of nitrogens with zero attached hydrogens (tertiary/aromatic N) is 4. The van der Waals surface area contributed by atoms with E-state index in [0.29, 0.717) is 22.3 Å². The van der Waals surface area contributed by atoms with Gasteiger partial charge in [-0.05, 0) is 37.5 Å². The van der Waals surface area contributed by atoms with Gasteiger partial charge in [0.15, 0.2) is 17.0 Å². The average molecular weight is 350 g/mol. The lowest BCUT2D eigenvalue weighted by molar-refractivity contribution is -0.141. The third-order valence-corrected chi connectivity index (χ3v) is 4.24. The summed E-state index contributed by atoms with van der Waals surface area (Å²) in [6.45, 7) is 1.55. The zero-order valence-electron chi connectivity index (χ0n) is 13.4. The van der Waals surface area contributed by atoms with E-state index in [1.807, 2.05) is 0 Å². The molecule has 4 rings (SSSR count). The molecule has 0 radical (unpaired) electrons. The highest BCUT2D eigenvalue weighted by molar-refractivity contribution is 5.96. The van der Waals surface area contributed by atoms with Crippen molar-refractivity contribution >= 4 is 22.6 Å². The number of halogens is 3. The summed E-state index contributed by atoms with van der Waals surface area (Å²) >= 11 is 0. The van der Waals surface area contributed by atoms with Gasteiger partial charge in [-0.15, -0.1) is 5.10 Å². The van der Waals surface area contributed by atoms with Crippen LogP contribution in [0.4, 0.5) is 13.2 Å². The fourth-order valence-corrected chi connectivity index (χ4v) is 2.86. The molecule has 0 unspecified atom stereocenters. The number of carbonyl (C=O) groups is 1. The molecule has 25 heavy (non-hydrogen) atoms. The van der Waals surface area contributed by atoms with Crippen molar-refractivity contribution in [2.75, 3.05) is 7.11 Å². The largest absolute Gasteiger partial charge is 0.464 e. The van der Waals surface area contributed by atoms with Gasteiger partial charge >= 0.3 is 12.1 Å². The van der Waals surface area contributed by atoms with Crippen LogP contribution in [0.5, 0.6) is 0 Å². The van der Waals surface area contributed by atoms with Crippen molar-refractivity contribution in [1.29, 1.82) is 0 Å². The molecule has 1 aliphatic rings. The van der Waals surface area contributed by atoms with Gasteiger partial charge in [0.05, 0.1) is 12.5 Å². The van der Waals surface area contributed by atoms with Crippen molar-refractivity contribution in [2.45, 2.75) is 31.9 Å². The third-order valence-electron chi connectivity index (χ3n) is 4.24. The van der Waals surface area contributed by atoms with Gasteiger partial charge in [0.2, 0.25) is 0 Å². The first-order valence-corrected chi connectivity index (χ1v) is 7.66. The summed E-state index contributed by atoms with van der Waals surface area (Å²) < 4.78 is 45.0. The molecule has 0 saturated heterocycles. The van der Waals surface area contributed by atoms with Gasteiger partial charge in [-0.3, -0.25) is 0 Å². The van der Waals surface area contributed by atoms with Gasteiger partial charge in [0.1, 0.15) is 5.69 Å². The van der Waals surface area contributed by atoms with Crippen LogP contribution in [0.15, 0.2) is 12.1 Å². The first kappa shape index (κ1) is 15.8. The van der Waals surface area contributed by atoms with Crippen LogP contribution in [0.1, 0.15) is 46.2 Å². The predicted octanol–water partition coefficient (Wildman–Crippen LogP) is 3.27. The van der Waals surface area contributed by atoms with Crippen LogP contribution in [0.2, 0.25) is 0 Å². The molecule has 0 bridgehead atoms. The molecule has 3 aromatic heterocycles. The van der Waals surface area contributed by atoms with E-state index < -0.39 is 17.8 Å². The lowest BCUT2D eigenvalue weighted by Crippen LogP contribution is -2.11. The van der Waals surface area contributed by atoms with Crippen LogP contribution >= 0.6 is 0 Å². The van der Waals surface area contributed by atoms with Crippen molar-refractivity contribution < 1.29 is 22.7 Å². The molecule has 1 fully saturated rings. The molecule has 1 saturated carbocycles. The molecule has 6 nitrogen and oxygen atoms in total. The molecule has 0 aliphatic heterocycles. The molecule has 9 heteroatoms. The highest BCUT2D eigenvalue weighted by Crippen LogP contribution is 2.40. The van der Waals surface area contributed by atoms with Gasteiger partial charge in [-0.2, -0.15) is 13.2 Å². The SMILES string of the molecule is COC(=O)c1cc(C2CC2)nc2c3c(C)cc(C(F)(F)F)nc3nn12. The standard InChI is InChI=1S/C16H13F3N4O2/c1-7-5-11(16(17,18)19)21-13-12(7)14-20-9(8-3-4-8)6-10(15(24)25-2)23(14)22-13/h5-6,8H,3-4H2,1-2H3. The number of fused-ring (bicyclic) bond motifs is 3. The maximum atomic E-state index is 13.0. The highest BCUT2D eigenvalue weighted by atomic mass is 19.4. The van der Waals surface area contributed by atoms with Gasteiger partial charge in [-0.1, -0.05) is 0 Å². The molecular formula is C16H13F3N4O2. The van der Waals surface area contributed by atoms with Crippen LogP contribution in [0.3, 0.4) is 0 Å². The van der Waals surface area contributed by atoms with E-state index in [2.05, 4.69) is 15.1 Å². The van der Waals surface area contributed by atoms with Crippen molar-refractivity contribution in [3.63, 3.8) is 0 Å². The Morgan fingerprint density at radius 3 is 2.60 bits per heavy atom. The Kier molecular flexibility index (Phi) is 3.25. The number of esters is 1. The maximum absolute atomic E-state index is 13.0. The fraction of sp³-hybridized carbons (Fsp3) is 0.375. The molecule has 0 atom stereocenters. The van der Waals surface area contributed by atoms with Crippen LogP contribution in [-0.2, 0) is 10.9 Å². The lowest BCUT2D eigenvalue weighted by Gasteiger charge is -2.07.